The first kappa shape index (κ1) is 16.8. The average Bonchev–Trinajstić information content (AvgIpc) is 2.80. The van der Waals surface area contributed by atoms with Crippen molar-refractivity contribution in [1.82, 2.24) is 4.98 Å². The molecular formula is C14H21NO4S. The molecule has 20 heavy (non-hydrogen) atoms. The minimum atomic E-state index is -1.16. The number of carbonyl (C=O) groups excluding carboxylic acids is 2. The van der Waals surface area contributed by atoms with Gasteiger partial charge in [0.25, 0.3) is 0 Å². The van der Waals surface area contributed by atoms with E-state index in [1.165, 1.54) is 0 Å². The predicted molar refractivity (Wildman–Crippen MR) is 76.8 cm³/mol. The fourth-order valence-corrected chi connectivity index (χ4v) is 2.26. The number of nitrogens with zero attached hydrogens (tertiary/aromatic N) is 1. The molecule has 5 nitrogen and oxygen atoms in total. The van der Waals surface area contributed by atoms with Gasteiger partial charge in [-0.25, -0.2) is 4.98 Å². The predicted octanol–water partition coefficient (Wildman–Crippen LogP) is 2.17. The van der Waals surface area contributed by atoms with Gasteiger partial charge in [-0.15, -0.1) is 11.3 Å². The Morgan fingerprint density at radius 1 is 1.40 bits per heavy atom. The van der Waals surface area contributed by atoms with Crippen LogP contribution < -0.4 is 0 Å². The Morgan fingerprint density at radius 2 is 2.10 bits per heavy atom. The summed E-state index contributed by atoms with van der Waals surface area (Å²) in [5, 5.41) is 0. The van der Waals surface area contributed by atoms with E-state index in [1.807, 2.05) is 6.92 Å². The molecule has 0 spiro atoms. The number of esters is 1. The number of Topliss-reactive ketones (excluding diaryl/α,β-unsaturated/α-hetero) is 1. The van der Waals surface area contributed by atoms with Crippen LogP contribution >= 0.6 is 11.3 Å². The number of ether oxygens (including phenoxy) is 2. The first-order valence-electron chi connectivity index (χ1n) is 6.56. The van der Waals surface area contributed by atoms with Crippen molar-refractivity contribution in [3.63, 3.8) is 0 Å². The Bertz CT molecular complexity index is 467. The van der Waals surface area contributed by atoms with Crippen molar-refractivity contribution in [3.05, 3.63) is 16.1 Å². The maximum atomic E-state index is 12.0. The summed E-state index contributed by atoms with van der Waals surface area (Å²) in [6.45, 7) is 7.40. The van der Waals surface area contributed by atoms with Crippen LogP contribution in [0.4, 0.5) is 0 Å². The topological polar surface area (TPSA) is 65.5 Å². The van der Waals surface area contributed by atoms with E-state index < -0.39 is 11.4 Å². The fourth-order valence-electron chi connectivity index (χ4n) is 1.50. The van der Waals surface area contributed by atoms with E-state index in [-0.39, 0.29) is 19.0 Å². The normalized spacial score (nSPS) is 11.4. The van der Waals surface area contributed by atoms with Crippen LogP contribution in [-0.4, -0.2) is 36.6 Å². The number of rotatable bonds is 8. The number of hydrogen-bond acceptors (Lipinski definition) is 6. The van der Waals surface area contributed by atoms with Gasteiger partial charge in [-0.2, -0.15) is 0 Å². The fraction of sp³-hybridized carbons (Fsp3) is 0.643. The lowest BCUT2D eigenvalue weighted by atomic mass is 9.88. The van der Waals surface area contributed by atoms with E-state index in [2.05, 4.69) is 4.98 Å². The molecule has 0 aliphatic carbocycles. The molecule has 0 radical (unpaired) electrons. The van der Waals surface area contributed by atoms with Crippen molar-refractivity contribution >= 4 is 23.1 Å². The van der Waals surface area contributed by atoms with E-state index in [0.717, 1.165) is 17.0 Å². The smallest absolute Gasteiger partial charge is 0.319 e. The van der Waals surface area contributed by atoms with Gasteiger partial charge >= 0.3 is 5.97 Å². The maximum Gasteiger partial charge on any atom is 0.319 e. The lowest BCUT2D eigenvalue weighted by molar-refractivity contribution is -0.159. The van der Waals surface area contributed by atoms with Crippen LogP contribution in [0, 0.1) is 12.3 Å². The molecule has 0 fully saturated rings. The summed E-state index contributed by atoms with van der Waals surface area (Å²) >= 11 is 1.58. The highest BCUT2D eigenvalue weighted by Gasteiger charge is 2.37. The third-order valence-corrected chi connectivity index (χ3v) is 4.03. The summed E-state index contributed by atoms with van der Waals surface area (Å²) < 4.78 is 10.2. The highest BCUT2D eigenvalue weighted by Crippen LogP contribution is 2.19. The number of aryl methyl sites for hydroxylation is 1. The van der Waals surface area contributed by atoms with Crippen molar-refractivity contribution in [2.24, 2.45) is 5.41 Å². The highest BCUT2D eigenvalue weighted by molar-refractivity contribution is 7.09. The molecule has 0 aromatic carbocycles. The summed E-state index contributed by atoms with van der Waals surface area (Å²) in [5.74, 6) is -0.774. The quantitative estimate of drug-likeness (QED) is 0.418. The van der Waals surface area contributed by atoms with E-state index >= 15 is 0 Å². The molecule has 0 N–H and O–H groups in total. The number of ketones is 1. The van der Waals surface area contributed by atoms with Crippen LogP contribution in [-0.2, 0) is 25.5 Å². The van der Waals surface area contributed by atoms with Crippen LogP contribution in [0.3, 0.4) is 0 Å². The number of aromatic nitrogens is 1. The standard InChI is InChI=1S/C14H21NO4S/c1-5-19-13(17)14(3,4)12(16)8-18-7-6-11-10(2)15-9-20-11/h9H,5-8H2,1-4H3. The Labute approximate surface area is 123 Å². The zero-order valence-electron chi connectivity index (χ0n) is 12.4. The molecule has 1 aromatic heterocycles. The Hall–Kier alpha value is -1.27. The third kappa shape index (κ3) is 4.38. The SMILES string of the molecule is CCOC(=O)C(C)(C)C(=O)COCCc1scnc1C. The van der Waals surface area contributed by atoms with E-state index in [9.17, 15) is 9.59 Å². The minimum Gasteiger partial charge on any atom is -0.465 e. The van der Waals surface area contributed by atoms with Crippen LogP contribution in [0.25, 0.3) is 0 Å². The molecule has 0 amide bonds. The minimum absolute atomic E-state index is 0.0797. The second-order valence-corrected chi connectivity index (χ2v) is 5.87. The molecule has 0 aliphatic rings. The lowest BCUT2D eigenvalue weighted by Crippen LogP contribution is -2.37. The van der Waals surface area contributed by atoms with E-state index in [1.54, 1.807) is 37.6 Å². The largest absolute Gasteiger partial charge is 0.465 e. The third-order valence-electron chi connectivity index (χ3n) is 3.03. The molecule has 112 valence electrons. The summed E-state index contributed by atoms with van der Waals surface area (Å²) in [4.78, 5) is 28.9. The lowest BCUT2D eigenvalue weighted by Gasteiger charge is -2.20. The monoisotopic (exact) mass is 299 g/mol. The van der Waals surface area contributed by atoms with Gasteiger partial charge in [0.15, 0.2) is 5.78 Å². The van der Waals surface area contributed by atoms with Gasteiger partial charge in [0, 0.05) is 11.3 Å². The molecule has 0 bridgehead atoms. The van der Waals surface area contributed by atoms with Crippen molar-refractivity contribution < 1.29 is 19.1 Å². The van der Waals surface area contributed by atoms with Crippen LogP contribution in [0.2, 0.25) is 0 Å². The van der Waals surface area contributed by atoms with Crippen molar-refractivity contribution in [2.45, 2.75) is 34.1 Å². The van der Waals surface area contributed by atoms with Gasteiger partial charge in [-0.1, -0.05) is 0 Å². The maximum absolute atomic E-state index is 12.0. The van der Waals surface area contributed by atoms with Crippen molar-refractivity contribution in [1.29, 1.82) is 0 Å². The van der Waals surface area contributed by atoms with Gasteiger partial charge in [-0.3, -0.25) is 9.59 Å². The van der Waals surface area contributed by atoms with Crippen molar-refractivity contribution in [3.8, 4) is 0 Å². The molecule has 0 saturated carbocycles. The van der Waals surface area contributed by atoms with Gasteiger partial charge in [-0.05, 0) is 27.7 Å². The summed E-state index contributed by atoms with van der Waals surface area (Å²) in [5.41, 5.74) is 1.63. The van der Waals surface area contributed by atoms with Gasteiger partial charge in [0.1, 0.15) is 12.0 Å². The average molecular weight is 299 g/mol. The molecule has 1 rings (SSSR count). The van der Waals surface area contributed by atoms with Crippen molar-refractivity contribution in [2.75, 3.05) is 19.8 Å². The Balaban J connectivity index is 2.36. The van der Waals surface area contributed by atoms with Gasteiger partial charge < -0.3 is 9.47 Å². The van der Waals surface area contributed by atoms with E-state index in [4.69, 9.17) is 9.47 Å². The summed E-state index contributed by atoms with van der Waals surface area (Å²) in [6.07, 6.45) is 0.726. The Morgan fingerprint density at radius 3 is 2.65 bits per heavy atom. The van der Waals surface area contributed by atoms with Crippen LogP contribution in [0.5, 0.6) is 0 Å². The first-order valence-corrected chi connectivity index (χ1v) is 7.44. The molecule has 6 heteroatoms. The molecule has 1 aromatic rings. The molecular weight excluding hydrogens is 278 g/mol. The number of thiazole rings is 1. The molecule has 0 unspecified atom stereocenters. The van der Waals surface area contributed by atoms with E-state index in [0.29, 0.717) is 6.61 Å². The second kappa shape index (κ2) is 7.50. The summed E-state index contributed by atoms with van der Waals surface area (Å²) in [7, 11) is 0. The van der Waals surface area contributed by atoms with Gasteiger partial charge in [0.05, 0.1) is 24.4 Å². The summed E-state index contributed by atoms with van der Waals surface area (Å²) in [6, 6.07) is 0. The molecule has 1 heterocycles. The zero-order chi connectivity index (χ0) is 15.2. The van der Waals surface area contributed by atoms with Gasteiger partial charge in [0.2, 0.25) is 0 Å². The Kier molecular flexibility index (Phi) is 6.29. The molecule has 0 atom stereocenters. The zero-order valence-corrected chi connectivity index (χ0v) is 13.2. The first-order chi connectivity index (χ1) is 9.39. The second-order valence-electron chi connectivity index (χ2n) is 4.93. The number of hydrogen-bond donors (Lipinski definition) is 0. The van der Waals surface area contributed by atoms with Crippen LogP contribution in [0.15, 0.2) is 5.51 Å². The van der Waals surface area contributed by atoms with Crippen LogP contribution in [0.1, 0.15) is 31.3 Å². The molecule has 0 saturated heterocycles. The molecule has 0 aliphatic heterocycles. The highest BCUT2D eigenvalue weighted by atomic mass is 32.1. The number of carbonyl (C=O) groups is 2.